The summed E-state index contributed by atoms with van der Waals surface area (Å²) in [5.41, 5.74) is -0.201. The first-order valence-electron chi connectivity index (χ1n) is 10.4. The van der Waals surface area contributed by atoms with Crippen LogP contribution in [0.25, 0.3) is 10.9 Å². The van der Waals surface area contributed by atoms with Crippen LogP contribution in [-0.4, -0.2) is 41.4 Å². The molecule has 0 atom stereocenters. The molecule has 4 rings (SSSR count). The summed E-state index contributed by atoms with van der Waals surface area (Å²) < 4.78 is 13.0. The fraction of sp³-hybridized carbons (Fsp3) is 0.545. The molecule has 1 aromatic carbocycles. The van der Waals surface area contributed by atoms with Gasteiger partial charge in [-0.25, -0.2) is 0 Å². The van der Waals surface area contributed by atoms with Gasteiger partial charge in [-0.2, -0.15) is 0 Å². The Kier molecular flexibility index (Phi) is 5.50. The van der Waals surface area contributed by atoms with E-state index < -0.39 is 11.4 Å². The molecule has 29 heavy (non-hydrogen) atoms. The van der Waals surface area contributed by atoms with Crippen LogP contribution >= 0.6 is 0 Å². The number of aliphatic hydroxyl groups is 1. The van der Waals surface area contributed by atoms with Crippen molar-refractivity contribution in [3.05, 3.63) is 34.1 Å². The normalized spacial score (nSPS) is 18.4. The minimum atomic E-state index is -0.638. The van der Waals surface area contributed by atoms with Crippen molar-refractivity contribution in [1.82, 2.24) is 9.88 Å². The Morgan fingerprint density at radius 2 is 2.03 bits per heavy atom. The first-order valence-corrected chi connectivity index (χ1v) is 10.4. The number of hydrogen-bond donors (Lipinski definition) is 2. The molecule has 0 radical (unpaired) electrons. The second kappa shape index (κ2) is 8.06. The molecule has 1 amide bonds. The molecule has 1 saturated carbocycles. The summed E-state index contributed by atoms with van der Waals surface area (Å²) in [7, 11) is 1.57. The molecule has 1 aromatic heterocycles. The Morgan fingerprint density at radius 3 is 2.76 bits per heavy atom. The van der Waals surface area contributed by atoms with Gasteiger partial charge in [0, 0.05) is 11.9 Å². The number of carbonyl (C=O) groups is 1. The number of aliphatic hydroxyl groups excluding tert-OH is 1. The zero-order chi connectivity index (χ0) is 20.4. The second-order valence-electron chi connectivity index (χ2n) is 8.06. The summed E-state index contributed by atoms with van der Waals surface area (Å²) in [6.45, 7) is 0.964. The van der Waals surface area contributed by atoms with Gasteiger partial charge in [0.05, 0.1) is 31.4 Å². The summed E-state index contributed by atoms with van der Waals surface area (Å²) in [5, 5.41) is 13.7. The summed E-state index contributed by atoms with van der Waals surface area (Å²) in [4.78, 5) is 26.4. The lowest BCUT2D eigenvalue weighted by Gasteiger charge is -2.36. The third-order valence-electron chi connectivity index (χ3n) is 6.15. The molecule has 1 aliphatic heterocycles. The third-order valence-corrected chi connectivity index (χ3v) is 6.15. The van der Waals surface area contributed by atoms with E-state index in [1.807, 2.05) is 6.07 Å². The molecule has 1 aliphatic carbocycles. The van der Waals surface area contributed by atoms with Gasteiger partial charge < -0.3 is 24.5 Å². The van der Waals surface area contributed by atoms with E-state index in [1.165, 1.54) is 0 Å². The number of carbonyl (C=O) groups excluding carboxylic acids is 1. The second-order valence-corrected chi connectivity index (χ2v) is 8.06. The number of aromatic nitrogens is 1. The Morgan fingerprint density at radius 1 is 1.24 bits per heavy atom. The maximum absolute atomic E-state index is 13.3. The fourth-order valence-corrected chi connectivity index (χ4v) is 4.51. The summed E-state index contributed by atoms with van der Waals surface area (Å²) in [6, 6.07) is 5.27. The van der Waals surface area contributed by atoms with E-state index in [1.54, 1.807) is 23.8 Å². The van der Waals surface area contributed by atoms with Crippen molar-refractivity contribution in [2.24, 2.45) is 0 Å². The number of hydrogen-bond acceptors (Lipinski definition) is 5. The SMILES string of the molecule is COc1ccc2cc(C(=O)NC3(CO)CCCCC3)c(=O)n3c2c1OCCCC3. The smallest absolute Gasteiger partial charge is 0.264 e. The van der Waals surface area contributed by atoms with Gasteiger partial charge in [0.15, 0.2) is 11.5 Å². The molecular formula is C22H28N2O5. The zero-order valence-corrected chi connectivity index (χ0v) is 16.8. The van der Waals surface area contributed by atoms with Crippen molar-refractivity contribution < 1.29 is 19.4 Å². The van der Waals surface area contributed by atoms with Gasteiger partial charge in [-0.15, -0.1) is 0 Å². The Bertz CT molecular complexity index is 975. The van der Waals surface area contributed by atoms with Crippen molar-refractivity contribution in [2.75, 3.05) is 20.3 Å². The number of ether oxygens (including phenoxy) is 2. The van der Waals surface area contributed by atoms with Crippen molar-refractivity contribution in [1.29, 1.82) is 0 Å². The highest BCUT2D eigenvalue weighted by Crippen LogP contribution is 2.36. The molecule has 7 nitrogen and oxygen atoms in total. The lowest BCUT2D eigenvalue weighted by Crippen LogP contribution is -2.53. The molecule has 7 heteroatoms. The fourth-order valence-electron chi connectivity index (χ4n) is 4.51. The van der Waals surface area contributed by atoms with Crippen LogP contribution in [0.15, 0.2) is 23.0 Å². The van der Waals surface area contributed by atoms with Gasteiger partial charge in [-0.3, -0.25) is 9.59 Å². The Hall–Kier alpha value is -2.54. The summed E-state index contributed by atoms with van der Waals surface area (Å²) in [6.07, 6.45) is 6.09. The Balaban J connectivity index is 1.81. The molecule has 2 N–H and O–H groups in total. The van der Waals surface area contributed by atoms with E-state index in [0.29, 0.717) is 30.2 Å². The average Bonchev–Trinajstić information content (AvgIpc) is 2.72. The largest absolute Gasteiger partial charge is 0.493 e. The van der Waals surface area contributed by atoms with Crippen LogP contribution < -0.4 is 20.3 Å². The van der Waals surface area contributed by atoms with E-state index >= 15 is 0 Å². The first-order chi connectivity index (χ1) is 14.1. The lowest BCUT2D eigenvalue weighted by atomic mass is 9.82. The minimum absolute atomic E-state index is 0.104. The van der Waals surface area contributed by atoms with Crippen molar-refractivity contribution >= 4 is 16.8 Å². The molecule has 1 fully saturated rings. The van der Waals surface area contributed by atoms with Crippen LogP contribution in [0.1, 0.15) is 55.3 Å². The Labute approximate surface area is 169 Å². The number of pyridine rings is 1. The van der Waals surface area contributed by atoms with Gasteiger partial charge in [-0.05, 0) is 43.9 Å². The number of nitrogens with zero attached hydrogens (tertiary/aromatic N) is 1. The average molecular weight is 400 g/mol. The quantitative estimate of drug-likeness (QED) is 0.823. The van der Waals surface area contributed by atoms with Gasteiger partial charge in [-0.1, -0.05) is 19.3 Å². The van der Waals surface area contributed by atoms with Crippen LogP contribution in [0.5, 0.6) is 11.5 Å². The van der Waals surface area contributed by atoms with Gasteiger partial charge in [0.2, 0.25) is 0 Å². The maximum Gasteiger partial charge on any atom is 0.264 e. The molecule has 0 saturated heterocycles. The highest BCUT2D eigenvalue weighted by atomic mass is 16.5. The monoisotopic (exact) mass is 400 g/mol. The number of nitrogens with one attached hydrogen (secondary N) is 1. The molecule has 0 bridgehead atoms. The van der Waals surface area contributed by atoms with Crippen LogP contribution in [0.3, 0.4) is 0 Å². The standard InChI is InChI=1S/C22H28N2O5/c1-28-17-8-7-15-13-16(20(26)23-22(14-25)9-3-2-4-10-22)21(27)24-11-5-6-12-29-19(17)18(15)24/h7-8,13,25H,2-6,9-12,14H2,1H3,(H,23,26). The van der Waals surface area contributed by atoms with Gasteiger partial charge in [0.1, 0.15) is 5.56 Å². The number of aryl methyl sites for hydroxylation is 1. The number of amides is 1. The summed E-state index contributed by atoms with van der Waals surface area (Å²) >= 11 is 0. The molecule has 2 aromatic rings. The maximum atomic E-state index is 13.3. The molecule has 0 spiro atoms. The molecule has 0 unspecified atom stereocenters. The molecule has 2 heterocycles. The topological polar surface area (TPSA) is 89.8 Å². The zero-order valence-electron chi connectivity index (χ0n) is 16.8. The third kappa shape index (κ3) is 3.59. The van der Waals surface area contributed by atoms with E-state index in [4.69, 9.17) is 9.47 Å². The molecule has 156 valence electrons. The highest BCUT2D eigenvalue weighted by molar-refractivity contribution is 5.99. The first kappa shape index (κ1) is 19.8. The van der Waals surface area contributed by atoms with Crippen LogP contribution in [0, 0.1) is 0 Å². The van der Waals surface area contributed by atoms with Crippen molar-refractivity contribution in [3.8, 4) is 11.5 Å². The van der Waals surface area contributed by atoms with Crippen molar-refractivity contribution in [3.63, 3.8) is 0 Å². The molecular weight excluding hydrogens is 372 g/mol. The summed E-state index contributed by atoms with van der Waals surface area (Å²) in [5.74, 6) is 0.705. The predicted octanol–water partition coefficient (Wildman–Crippen LogP) is 2.61. The van der Waals surface area contributed by atoms with Crippen molar-refractivity contribution in [2.45, 2.75) is 57.0 Å². The van der Waals surface area contributed by atoms with Gasteiger partial charge in [0.25, 0.3) is 11.5 Å². The number of benzene rings is 1. The molecule has 2 aliphatic rings. The van der Waals surface area contributed by atoms with Gasteiger partial charge >= 0.3 is 0 Å². The van der Waals surface area contributed by atoms with E-state index in [0.717, 1.165) is 50.3 Å². The van der Waals surface area contributed by atoms with Crippen LogP contribution in [0.2, 0.25) is 0 Å². The van der Waals surface area contributed by atoms with E-state index in [9.17, 15) is 14.7 Å². The lowest BCUT2D eigenvalue weighted by molar-refractivity contribution is 0.0756. The van der Waals surface area contributed by atoms with E-state index in [-0.39, 0.29) is 17.7 Å². The number of methoxy groups -OCH3 is 1. The van der Waals surface area contributed by atoms with Crippen LogP contribution in [-0.2, 0) is 6.54 Å². The number of rotatable bonds is 4. The minimum Gasteiger partial charge on any atom is -0.493 e. The predicted molar refractivity (Wildman–Crippen MR) is 110 cm³/mol. The van der Waals surface area contributed by atoms with E-state index in [2.05, 4.69) is 5.32 Å². The van der Waals surface area contributed by atoms with Crippen LogP contribution in [0.4, 0.5) is 0 Å². The highest BCUT2D eigenvalue weighted by Gasteiger charge is 2.34.